The van der Waals surface area contributed by atoms with Crippen LogP contribution in [-0.4, -0.2) is 5.78 Å². The zero-order valence-corrected chi connectivity index (χ0v) is 10.3. The molecule has 0 spiro atoms. The summed E-state index contributed by atoms with van der Waals surface area (Å²) in [7, 11) is 0. The van der Waals surface area contributed by atoms with E-state index in [0.29, 0.717) is 11.8 Å². The van der Waals surface area contributed by atoms with Gasteiger partial charge in [-0.1, -0.05) is 25.5 Å². The molecule has 1 atom stereocenters. The van der Waals surface area contributed by atoms with Crippen LogP contribution in [0.4, 0.5) is 0 Å². The Labute approximate surface area is 93.3 Å². The van der Waals surface area contributed by atoms with Crippen molar-refractivity contribution in [1.29, 1.82) is 0 Å². The number of allylic oxidation sites excluding steroid dienone is 4. The summed E-state index contributed by atoms with van der Waals surface area (Å²) in [6, 6.07) is 0. The van der Waals surface area contributed by atoms with Gasteiger partial charge in [0, 0.05) is 0 Å². The van der Waals surface area contributed by atoms with E-state index in [-0.39, 0.29) is 5.78 Å². The standard InChI is InChI=1S/C14H22O/c1-5-7-14(15)13-9-6-8-12(10(2)3)11(13)4/h5,7,10,12H,6,8-9H2,1-4H3. The van der Waals surface area contributed by atoms with Crippen LogP contribution >= 0.6 is 0 Å². The van der Waals surface area contributed by atoms with Crippen molar-refractivity contribution in [2.24, 2.45) is 11.8 Å². The molecule has 0 fully saturated rings. The lowest BCUT2D eigenvalue weighted by Crippen LogP contribution is -2.19. The first-order valence-electron chi connectivity index (χ1n) is 5.94. The van der Waals surface area contributed by atoms with Gasteiger partial charge in [0.05, 0.1) is 0 Å². The number of carbonyl (C=O) groups excluding carboxylic acids is 1. The molecule has 1 aliphatic rings. The van der Waals surface area contributed by atoms with Gasteiger partial charge in [0.1, 0.15) is 0 Å². The van der Waals surface area contributed by atoms with Gasteiger partial charge in [-0.05, 0) is 56.6 Å². The summed E-state index contributed by atoms with van der Waals surface area (Å²) in [5.41, 5.74) is 2.40. The van der Waals surface area contributed by atoms with Crippen LogP contribution < -0.4 is 0 Å². The van der Waals surface area contributed by atoms with Crippen LogP contribution in [-0.2, 0) is 4.79 Å². The van der Waals surface area contributed by atoms with Crippen LogP contribution in [0.5, 0.6) is 0 Å². The highest BCUT2D eigenvalue weighted by atomic mass is 16.1. The van der Waals surface area contributed by atoms with Crippen molar-refractivity contribution in [3.63, 3.8) is 0 Å². The summed E-state index contributed by atoms with van der Waals surface area (Å²) in [5, 5.41) is 0. The van der Waals surface area contributed by atoms with E-state index in [1.807, 2.05) is 13.0 Å². The molecule has 0 aliphatic heterocycles. The molecule has 0 radical (unpaired) electrons. The van der Waals surface area contributed by atoms with Crippen LogP contribution in [0.25, 0.3) is 0 Å². The summed E-state index contributed by atoms with van der Waals surface area (Å²) >= 11 is 0. The molecule has 0 amide bonds. The third-order valence-electron chi connectivity index (χ3n) is 3.39. The van der Waals surface area contributed by atoms with Crippen LogP contribution in [0.1, 0.15) is 47.0 Å². The average molecular weight is 206 g/mol. The molecule has 15 heavy (non-hydrogen) atoms. The van der Waals surface area contributed by atoms with Gasteiger partial charge in [-0.25, -0.2) is 0 Å². The topological polar surface area (TPSA) is 17.1 Å². The summed E-state index contributed by atoms with van der Waals surface area (Å²) in [6.45, 7) is 8.53. The molecule has 0 heterocycles. The number of rotatable bonds is 3. The average Bonchev–Trinajstić information content (AvgIpc) is 2.17. The number of ketones is 1. The van der Waals surface area contributed by atoms with Gasteiger partial charge in [0.25, 0.3) is 0 Å². The largest absolute Gasteiger partial charge is 0.290 e. The zero-order valence-electron chi connectivity index (χ0n) is 10.3. The number of hydrogen-bond acceptors (Lipinski definition) is 1. The van der Waals surface area contributed by atoms with E-state index in [0.717, 1.165) is 12.0 Å². The maximum Gasteiger partial charge on any atom is 0.181 e. The van der Waals surface area contributed by atoms with Crippen molar-refractivity contribution in [1.82, 2.24) is 0 Å². The van der Waals surface area contributed by atoms with E-state index in [9.17, 15) is 4.79 Å². The first-order valence-corrected chi connectivity index (χ1v) is 5.94. The molecule has 84 valence electrons. The smallest absolute Gasteiger partial charge is 0.181 e. The lowest BCUT2D eigenvalue weighted by atomic mass is 9.76. The van der Waals surface area contributed by atoms with E-state index >= 15 is 0 Å². The molecule has 0 aromatic heterocycles. The molecular formula is C14H22O. The number of hydrogen-bond donors (Lipinski definition) is 0. The predicted molar refractivity (Wildman–Crippen MR) is 64.7 cm³/mol. The molecular weight excluding hydrogens is 184 g/mol. The van der Waals surface area contributed by atoms with Gasteiger partial charge in [0.2, 0.25) is 0 Å². The normalized spacial score (nSPS) is 22.9. The van der Waals surface area contributed by atoms with Gasteiger partial charge in [-0.2, -0.15) is 0 Å². The van der Waals surface area contributed by atoms with E-state index in [1.54, 1.807) is 6.08 Å². The van der Waals surface area contributed by atoms with Gasteiger partial charge in [0.15, 0.2) is 5.78 Å². The minimum Gasteiger partial charge on any atom is -0.290 e. The Kier molecular flexibility index (Phi) is 4.31. The lowest BCUT2D eigenvalue weighted by Gasteiger charge is -2.28. The van der Waals surface area contributed by atoms with Crippen LogP contribution in [0.15, 0.2) is 23.3 Å². The second-order valence-corrected chi connectivity index (χ2v) is 4.77. The first kappa shape index (κ1) is 12.2. The second kappa shape index (κ2) is 5.29. The second-order valence-electron chi connectivity index (χ2n) is 4.77. The highest BCUT2D eigenvalue weighted by Crippen LogP contribution is 2.35. The molecule has 0 bridgehead atoms. The van der Waals surface area contributed by atoms with Crippen LogP contribution in [0.3, 0.4) is 0 Å². The van der Waals surface area contributed by atoms with Gasteiger partial charge < -0.3 is 0 Å². The van der Waals surface area contributed by atoms with E-state index in [2.05, 4.69) is 20.8 Å². The Hall–Kier alpha value is -0.850. The van der Waals surface area contributed by atoms with Crippen molar-refractivity contribution in [3.8, 4) is 0 Å². The molecule has 1 nitrogen and oxygen atoms in total. The monoisotopic (exact) mass is 206 g/mol. The lowest BCUT2D eigenvalue weighted by molar-refractivity contribution is -0.111. The van der Waals surface area contributed by atoms with Crippen molar-refractivity contribution in [2.75, 3.05) is 0 Å². The maximum atomic E-state index is 11.8. The van der Waals surface area contributed by atoms with E-state index in [1.165, 1.54) is 18.4 Å². The number of carbonyl (C=O) groups is 1. The fraction of sp³-hybridized carbons (Fsp3) is 0.643. The molecule has 0 aromatic carbocycles. The summed E-state index contributed by atoms with van der Waals surface area (Å²) in [6.07, 6.45) is 6.91. The van der Waals surface area contributed by atoms with Gasteiger partial charge in [-0.3, -0.25) is 4.79 Å². The molecule has 1 aliphatic carbocycles. The van der Waals surface area contributed by atoms with Crippen molar-refractivity contribution < 1.29 is 4.79 Å². The highest BCUT2D eigenvalue weighted by Gasteiger charge is 2.24. The minimum absolute atomic E-state index is 0.223. The maximum absolute atomic E-state index is 11.8. The molecule has 1 rings (SSSR count). The quantitative estimate of drug-likeness (QED) is 0.640. The summed E-state index contributed by atoms with van der Waals surface area (Å²) < 4.78 is 0. The van der Waals surface area contributed by atoms with Gasteiger partial charge in [-0.15, -0.1) is 0 Å². The molecule has 1 heteroatoms. The molecule has 1 unspecified atom stereocenters. The van der Waals surface area contributed by atoms with Crippen LogP contribution in [0.2, 0.25) is 0 Å². The third kappa shape index (κ3) is 2.80. The Morgan fingerprint density at radius 1 is 1.47 bits per heavy atom. The van der Waals surface area contributed by atoms with Crippen molar-refractivity contribution in [3.05, 3.63) is 23.3 Å². The van der Waals surface area contributed by atoms with E-state index < -0.39 is 0 Å². The predicted octanol–water partition coefficient (Wildman–Crippen LogP) is 3.90. The summed E-state index contributed by atoms with van der Waals surface area (Å²) in [5.74, 6) is 1.49. The van der Waals surface area contributed by atoms with Crippen molar-refractivity contribution in [2.45, 2.75) is 47.0 Å². The molecule has 0 saturated carbocycles. The molecule has 0 saturated heterocycles. The van der Waals surface area contributed by atoms with Gasteiger partial charge >= 0.3 is 0 Å². The minimum atomic E-state index is 0.223. The molecule has 0 aromatic rings. The Morgan fingerprint density at radius 2 is 2.13 bits per heavy atom. The van der Waals surface area contributed by atoms with E-state index in [4.69, 9.17) is 0 Å². The Balaban J connectivity index is 2.94. The Morgan fingerprint density at radius 3 is 2.67 bits per heavy atom. The SMILES string of the molecule is CC=CC(=O)C1=C(C)C(C(C)C)CCC1. The van der Waals surface area contributed by atoms with Crippen LogP contribution in [0, 0.1) is 11.8 Å². The fourth-order valence-corrected chi connectivity index (χ4v) is 2.54. The Bertz CT molecular complexity index is 294. The molecule has 0 N–H and O–H groups in total. The first-order chi connectivity index (χ1) is 7.07. The summed E-state index contributed by atoms with van der Waals surface area (Å²) in [4.78, 5) is 11.8. The fourth-order valence-electron chi connectivity index (χ4n) is 2.54. The third-order valence-corrected chi connectivity index (χ3v) is 3.39. The van der Waals surface area contributed by atoms with Crippen molar-refractivity contribution >= 4 is 5.78 Å². The zero-order chi connectivity index (χ0) is 11.4. The highest BCUT2D eigenvalue weighted by molar-refractivity contribution is 6.04.